The lowest BCUT2D eigenvalue weighted by Gasteiger charge is -2.34. The molecule has 5 nitrogen and oxygen atoms in total. The third-order valence-corrected chi connectivity index (χ3v) is 5.15. The van der Waals surface area contributed by atoms with Gasteiger partial charge in [0.15, 0.2) is 0 Å². The minimum Gasteiger partial charge on any atom is -0.367 e. The molecule has 0 spiro atoms. The summed E-state index contributed by atoms with van der Waals surface area (Å²) in [6, 6.07) is 6.47. The molecular weight excluding hydrogens is 341 g/mol. The third kappa shape index (κ3) is 3.40. The van der Waals surface area contributed by atoms with Crippen molar-refractivity contribution >= 4 is 34.7 Å². The van der Waals surface area contributed by atoms with Crippen LogP contribution in [-0.2, 0) is 0 Å². The van der Waals surface area contributed by atoms with Gasteiger partial charge >= 0.3 is 0 Å². The maximum Gasteiger partial charge on any atom is 0.277 e. The molecule has 23 heavy (non-hydrogen) atoms. The van der Waals surface area contributed by atoms with Crippen LogP contribution in [0.25, 0.3) is 0 Å². The number of aromatic nitrogens is 1. The normalized spacial score (nSPS) is 18.0. The molecule has 2 aromatic rings. The van der Waals surface area contributed by atoms with E-state index in [1.807, 2.05) is 4.90 Å². The maximum atomic E-state index is 13.9. The Bertz CT molecular complexity index is 776. The predicted molar refractivity (Wildman–Crippen MR) is 89.1 cm³/mol. The van der Waals surface area contributed by atoms with Crippen molar-refractivity contribution in [2.24, 2.45) is 0 Å². The number of piperidine rings is 1. The van der Waals surface area contributed by atoms with Gasteiger partial charge in [0, 0.05) is 19.1 Å². The number of halogens is 2. The minimum atomic E-state index is -0.460. The van der Waals surface area contributed by atoms with Gasteiger partial charge in [0.2, 0.25) is 0 Å². The molecule has 0 bridgehead atoms. The van der Waals surface area contributed by atoms with E-state index in [0.717, 1.165) is 30.9 Å². The molecule has 1 atom stereocenters. The number of hydrogen-bond donors (Lipinski definition) is 2. The molecule has 0 radical (unpaired) electrons. The smallest absolute Gasteiger partial charge is 0.277 e. The molecule has 0 saturated carbocycles. The third-order valence-electron chi connectivity index (χ3n) is 3.80. The van der Waals surface area contributed by atoms with Crippen LogP contribution in [-0.4, -0.2) is 29.4 Å². The molecule has 1 aliphatic rings. The van der Waals surface area contributed by atoms with E-state index in [0.29, 0.717) is 12.2 Å². The summed E-state index contributed by atoms with van der Waals surface area (Å²) in [5, 5.41) is 2.78. The van der Waals surface area contributed by atoms with Gasteiger partial charge < -0.3 is 10.2 Å². The van der Waals surface area contributed by atoms with Crippen molar-refractivity contribution in [2.45, 2.75) is 18.9 Å². The van der Waals surface area contributed by atoms with Gasteiger partial charge in [0.1, 0.15) is 15.7 Å². The molecule has 1 amide bonds. The van der Waals surface area contributed by atoms with Crippen molar-refractivity contribution in [3.8, 4) is 0 Å². The number of carbonyl (C=O) groups is 1. The number of rotatable bonds is 3. The van der Waals surface area contributed by atoms with Gasteiger partial charge in [0.05, 0.1) is 5.69 Å². The number of anilines is 1. The van der Waals surface area contributed by atoms with E-state index in [-0.39, 0.29) is 27.7 Å². The summed E-state index contributed by atoms with van der Waals surface area (Å²) in [5.41, 5.74) is 0.0780. The Balaban J connectivity index is 1.70. The van der Waals surface area contributed by atoms with Crippen molar-refractivity contribution in [3.05, 3.63) is 50.3 Å². The summed E-state index contributed by atoms with van der Waals surface area (Å²) in [6.45, 7) is 1.26. The second-order valence-electron chi connectivity index (χ2n) is 5.39. The lowest BCUT2D eigenvalue weighted by Crippen LogP contribution is -2.48. The van der Waals surface area contributed by atoms with Crippen LogP contribution in [0.3, 0.4) is 0 Å². The first-order chi connectivity index (χ1) is 11.1. The van der Waals surface area contributed by atoms with Gasteiger partial charge in [0.25, 0.3) is 11.5 Å². The molecule has 1 aromatic carbocycles. The van der Waals surface area contributed by atoms with Gasteiger partial charge in [-0.25, -0.2) is 4.39 Å². The molecule has 3 rings (SSSR count). The van der Waals surface area contributed by atoms with Gasteiger partial charge in [-0.3, -0.25) is 14.0 Å². The zero-order valence-electron chi connectivity index (χ0n) is 12.1. The molecule has 0 aliphatic carbocycles. The zero-order valence-corrected chi connectivity index (χ0v) is 13.7. The van der Waals surface area contributed by atoms with Crippen LogP contribution in [0.2, 0.25) is 5.02 Å². The summed E-state index contributed by atoms with van der Waals surface area (Å²) >= 11 is 6.73. The van der Waals surface area contributed by atoms with Gasteiger partial charge in [-0.05, 0) is 25.0 Å². The molecule has 8 heteroatoms. The summed E-state index contributed by atoms with van der Waals surface area (Å²) in [5.74, 6) is -0.648. The number of nitrogens with one attached hydrogen (secondary N) is 2. The highest BCUT2D eigenvalue weighted by molar-refractivity contribution is 7.08. The fraction of sp³-hybridized carbons (Fsp3) is 0.333. The fourth-order valence-corrected chi connectivity index (χ4v) is 3.64. The average Bonchev–Trinajstić information content (AvgIpc) is 2.88. The van der Waals surface area contributed by atoms with E-state index < -0.39 is 5.56 Å². The first-order valence-corrected chi connectivity index (χ1v) is 8.43. The van der Waals surface area contributed by atoms with Crippen LogP contribution >= 0.6 is 23.1 Å². The number of amides is 1. The summed E-state index contributed by atoms with van der Waals surface area (Å²) in [6.07, 6.45) is 1.64. The van der Waals surface area contributed by atoms with Crippen LogP contribution in [0.4, 0.5) is 10.1 Å². The summed E-state index contributed by atoms with van der Waals surface area (Å²) < 4.78 is 16.3. The predicted octanol–water partition coefficient (Wildman–Crippen LogP) is 2.63. The van der Waals surface area contributed by atoms with Crippen molar-refractivity contribution < 1.29 is 9.18 Å². The van der Waals surface area contributed by atoms with Crippen LogP contribution in [0.1, 0.15) is 22.5 Å². The van der Waals surface area contributed by atoms with E-state index in [1.54, 1.807) is 18.2 Å². The monoisotopic (exact) mass is 355 g/mol. The van der Waals surface area contributed by atoms with Crippen molar-refractivity contribution in [1.29, 1.82) is 0 Å². The lowest BCUT2D eigenvalue weighted by molar-refractivity contribution is 0.0937. The highest BCUT2D eigenvalue weighted by Gasteiger charge is 2.25. The number of para-hydroxylation sites is 1. The fourth-order valence-electron chi connectivity index (χ4n) is 2.71. The molecule has 2 heterocycles. The van der Waals surface area contributed by atoms with Crippen molar-refractivity contribution in [1.82, 2.24) is 9.69 Å². The quantitative estimate of drug-likeness (QED) is 0.889. The minimum absolute atomic E-state index is 0.0886. The van der Waals surface area contributed by atoms with E-state index >= 15 is 0 Å². The SMILES string of the molecule is O=C(NC1CCCN(c2ccccc2F)C1)c1s[nH]c(=O)c1Cl. The Morgan fingerprint density at radius 3 is 2.91 bits per heavy atom. The number of nitrogens with zero attached hydrogens (tertiary/aromatic N) is 1. The number of carbonyl (C=O) groups excluding carboxylic acids is 1. The molecule has 1 aliphatic heterocycles. The van der Waals surface area contributed by atoms with E-state index in [4.69, 9.17) is 11.6 Å². The largest absolute Gasteiger partial charge is 0.367 e. The van der Waals surface area contributed by atoms with Crippen LogP contribution in [0.5, 0.6) is 0 Å². The molecule has 2 N–H and O–H groups in total. The first-order valence-electron chi connectivity index (χ1n) is 7.23. The van der Waals surface area contributed by atoms with E-state index in [9.17, 15) is 14.0 Å². The zero-order chi connectivity index (χ0) is 16.4. The van der Waals surface area contributed by atoms with Gasteiger partial charge in [-0.15, -0.1) is 0 Å². The Kier molecular flexibility index (Phi) is 4.68. The number of benzene rings is 1. The van der Waals surface area contributed by atoms with Gasteiger partial charge in [-0.1, -0.05) is 35.3 Å². The second kappa shape index (κ2) is 6.72. The Hall–Kier alpha value is -1.86. The molecule has 1 aromatic heterocycles. The second-order valence-corrected chi connectivity index (χ2v) is 6.58. The Morgan fingerprint density at radius 1 is 1.43 bits per heavy atom. The molecule has 1 unspecified atom stereocenters. The standard InChI is InChI=1S/C15H15ClFN3O2S/c16-12-13(23-19-14(12)21)15(22)18-9-4-3-7-20(8-9)11-6-2-1-5-10(11)17/h1-2,5-6,9H,3-4,7-8H2,(H,18,22)(H,19,21). The lowest BCUT2D eigenvalue weighted by atomic mass is 10.0. The first kappa shape index (κ1) is 16.0. The van der Waals surface area contributed by atoms with Gasteiger partial charge in [-0.2, -0.15) is 0 Å². The Morgan fingerprint density at radius 2 is 2.22 bits per heavy atom. The highest BCUT2D eigenvalue weighted by Crippen LogP contribution is 2.23. The topological polar surface area (TPSA) is 65.2 Å². The van der Waals surface area contributed by atoms with Crippen LogP contribution < -0.4 is 15.8 Å². The maximum absolute atomic E-state index is 13.9. The van der Waals surface area contributed by atoms with E-state index in [1.165, 1.54) is 6.07 Å². The van der Waals surface area contributed by atoms with Crippen molar-refractivity contribution in [2.75, 3.05) is 18.0 Å². The Labute approximate surface area is 141 Å². The number of hydrogen-bond acceptors (Lipinski definition) is 4. The molecule has 122 valence electrons. The van der Waals surface area contributed by atoms with Crippen molar-refractivity contribution in [3.63, 3.8) is 0 Å². The summed E-state index contributed by atoms with van der Waals surface area (Å²) in [7, 11) is 0. The molecular formula is C15H15ClFN3O2S. The summed E-state index contributed by atoms with van der Waals surface area (Å²) in [4.78, 5) is 25.6. The molecule has 1 fully saturated rings. The number of H-pyrrole nitrogens is 1. The average molecular weight is 356 g/mol. The van der Waals surface area contributed by atoms with Crippen LogP contribution in [0.15, 0.2) is 29.1 Å². The molecule has 1 saturated heterocycles. The highest BCUT2D eigenvalue weighted by atomic mass is 35.5. The van der Waals surface area contributed by atoms with E-state index in [2.05, 4.69) is 9.69 Å². The number of aromatic amines is 1. The van der Waals surface area contributed by atoms with Crippen LogP contribution in [0, 0.1) is 5.82 Å².